The highest BCUT2D eigenvalue weighted by atomic mass is 32.2. The Kier molecular flexibility index (Phi) is 5.70. The molecule has 0 spiro atoms. The molecule has 3 rings (SSSR count). The van der Waals surface area contributed by atoms with Crippen LogP contribution in [0.15, 0.2) is 77.7 Å². The molecule has 4 nitrogen and oxygen atoms in total. The second-order valence-electron chi connectivity index (χ2n) is 7.31. The van der Waals surface area contributed by atoms with Gasteiger partial charge in [0.2, 0.25) is 10.0 Å². The maximum Gasteiger partial charge on any atom is 0.240 e. The van der Waals surface area contributed by atoms with E-state index in [1.165, 1.54) is 0 Å². The maximum atomic E-state index is 12.7. The Labute approximate surface area is 166 Å². The minimum Gasteiger partial charge on any atom is -0.384 e. The number of aliphatic hydroxyl groups is 1. The number of hydrogen-bond donors (Lipinski definition) is 2. The van der Waals surface area contributed by atoms with Crippen LogP contribution in [0.1, 0.15) is 23.6 Å². The maximum absolute atomic E-state index is 12.7. The van der Waals surface area contributed by atoms with E-state index in [2.05, 4.69) is 4.72 Å². The first-order valence-electron chi connectivity index (χ1n) is 9.14. The molecule has 1 unspecified atom stereocenters. The minimum atomic E-state index is -3.71. The molecule has 0 saturated carbocycles. The zero-order chi connectivity index (χ0) is 20.4. The SMILES string of the molecule is Cc1ccc(S(=O)(=O)NCC(C)(O)c2ccc(-c3ccccc3)cc2)c(C)c1. The molecule has 0 radical (unpaired) electrons. The van der Waals surface area contributed by atoms with Gasteiger partial charge in [0, 0.05) is 6.54 Å². The molecule has 1 atom stereocenters. The fourth-order valence-corrected chi connectivity index (χ4v) is 4.53. The predicted molar refractivity (Wildman–Crippen MR) is 113 cm³/mol. The van der Waals surface area contributed by atoms with Gasteiger partial charge in [-0.25, -0.2) is 13.1 Å². The summed E-state index contributed by atoms with van der Waals surface area (Å²) in [5.74, 6) is 0. The molecule has 0 aliphatic heterocycles. The van der Waals surface area contributed by atoms with E-state index in [0.717, 1.165) is 16.7 Å². The third-order valence-electron chi connectivity index (χ3n) is 4.84. The third-order valence-corrected chi connectivity index (χ3v) is 6.40. The fraction of sp³-hybridized carbons (Fsp3) is 0.217. The third kappa shape index (κ3) is 4.50. The van der Waals surface area contributed by atoms with Gasteiger partial charge in [0.15, 0.2) is 0 Å². The van der Waals surface area contributed by atoms with Gasteiger partial charge in [-0.05, 0) is 49.1 Å². The minimum absolute atomic E-state index is 0.118. The standard InChI is InChI=1S/C23H25NO3S/c1-17-9-14-22(18(2)15-17)28(26,27)24-16-23(3,25)21-12-10-20(11-13-21)19-7-5-4-6-8-19/h4-15,24-25H,16H2,1-3H3. The van der Waals surface area contributed by atoms with Crippen molar-refractivity contribution in [3.63, 3.8) is 0 Å². The quantitative estimate of drug-likeness (QED) is 0.659. The first-order chi connectivity index (χ1) is 13.2. The van der Waals surface area contributed by atoms with Gasteiger partial charge < -0.3 is 5.11 Å². The van der Waals surface area contributed by atoms with Crippen LogP contribution >= 0.6 is 0 Å². The Bertz CT molecular complexity index is 1060. The molecule has 2 N–H and O–H groups in total. The molecule has 0 bridgehead atoms. The van der Waals surface area contributed by atoms with Crippen LogP contribution in [-0.4, -0.2) is 20.1 Å². The average molecular weight is 396 g/mol. The van der Waals surface area contributed by atoms with Crippen molar-refractivity contribution >= 4 is 10.0 Å². The first-order valence-corrected chi connectivity index (χ1v) is 10.6. The zero-order valence-corrected chi connectivity index (χ0v) is 17.1. The van der Waals surface area contributed by atoms with E-state index in [-0.39, 0.29) is 11.4 Å². The molecular formula is C23H25NO3S. The molecule has 28 heavy (non-hydrogen) atoms. The Morgan fingerprint density at radius 2 is 1.50 bits per heavy atom. The van der Waals surface area contributed by atoms with Crippen LogP contribution in [0, 0.1) is 13.8 Å². The number of benzene rings is 3. The lowest BCUT2D eigenvalue weighted by atomic mass is 9.94. The van der Waals surface area contributed by atoms with Crippen molar-refractivity contribution in [2.45, 2.75) is 31.3 Å². The van der Waals surface area contributed by atoms with E-state index in [4.69, 9.17) is 0 Å². The summed E-state index contributed by atoms with van der Waals surface area (Å²) in [4.78, 5) is 0.230. The van der Waals surface area contributed by atoms with E-state index in [0.29, 0.717) is 11.1 Å². The summed E-state index contributed by atoms with van der Waals surface area (Å²) in [7, 11) is -3.71. The van der Waals surface area contributed by atoms with Crippen LogP contribution in [0.25, 0.3) is 11.1 Å². The summed E-state index contributed by atoms with van der Waals surface area (Å²) in [6.07, 6.45) is 0. The van der Waals surface area contributed by atoms with Crippen LogP contribution in [0.2, 0.25) is 0 Å². The Morgan fingerprint density at radius 3 is 2.11 bits per heavy atom. The van der Waals surface area contributed by atoms with Crippen molar-refractivity contribution in [3.05, 3.63) is 89.5 Å². The molecule has 0 saturated heterocycles. The van der Waals surface area contributed by atoms with Crippen LogP contribution in [-0.2, 0) is 15.6 Å². The number of sulfonamides is 1. The second kappa shape index (κ2) is 7.87. The molecule has 146 valence electrons. The molecule has 3 aromatic rings. The smallest absolute Gasteiger partial charge is 0.240 e. The van der Waals surface area contributed by atoms with Crippen molar-refractivity contribution in [1.82, 2.24) is 4.72 Å². The van der Waals surface area contributed by atoms with E-state index >= 15 is 0 Å². The number of hydrogen-bond acceptors (Lipinski definition) is 3. The van der Waals surface area contributed by atoms with Crippen LogP contribution in [0.5, 0.6) is 0 Å². The number of nitrogens with one attached hydrogen (secondary N) is 1. The molecule has 3 aromatic carbocycles. The second-order valence-corrected chi connectivity index (χ2v) is 9.05. The van der Waals surface area contributed by atoms with Gasteiger partial charge in [0.25, 0.3) is 0 Å². The zero-order valence-electron chi connectivity index (χ0n) is 16.3. The van der Waals surface area contributed by atoms with Crippen molar-refractivity contribution < 1.29 is 13.5 Å². The van der Waals surface area contributed by atoms with Crippen LogP contribution < -0.4 is 4.72 Å². The summed E-state index contributed by atoms with van der Waals surface area (Å²) >= 11 is 0. The topological polar surface area (TPSA) is 66.4 Å². The first kappa shape index (κ1) is 20.3. The lowest BCUT2D eigenvalue weighted by Gasteiger charge is -2.25. The summed E-state index contributed by atoms with van der Waals surface area (Å²) in [6.45, 7) is 5.17. The van der Waals surface area contributed by atoms with Crippen molar-refractivity contribution in [2.24, 2.45) is 0 Å². The molecule has 0 aliphatic carbocycles. The Balaban J connectivity index is 1.76. The monoisotopic (exact) mass is 395 g/mol. The van der Waals surface area contributed by atoms with E-state index < -0.39 is 15.6 Å². The number of aryl methyl sites for hydroxylation is 2. The average Bonchev–Trinajstić information content (AvgIpc) is 2.67. The van der Waals surface area contributed by atoms with Crippen LogP contribution in [0.4, 0.5) is 0 Å². The lowest BCUT2D eigenvalue weighted by Crippen LogP contribution is -2.38. The van der Waals surface area contributed by atoms with Crippen molar-refractivity contribution in [1.29, 1.82) is 0 Å². The molecule has 0 aromatic heterocycles. The highest BCUT2D eigenvalue weighted by Gasteiger charge is 2.27. The van der Waals surface area contributed by atoms with Gasteiger partial charge in [0.1, 0.15) is 5.60 Å². The summed E-state index contributed by atoms with van der Waals surface area (Å²) in [6, 6.07) is 22.6. The van der Waals surface area contributed by atoms with Gasteiger partial charge in [0.05, 0.1) is 4.90 Å². The summed E-state index contributed by atoms with van der Waals surface area (Å²) in [5.41, 5.74) is 3.12. The Hall–Kier alpha value is -2.47. The molecule has 5 heteroatoms. The van der Waals surface area contributed by atoms with Gasteiger partial charge in [-0.15, -0.1) is 0 Å². The van der Waals surface area contributed by atoms with Crippen molar-refractivity contribution in [3.8, 4) is 11.1 Å². The molecule has 0 aliphatic rings. The van der Waals surface area contributed by atoms with E-state index in [9.17, 15) is 13.5 Å². The predicted octanol–water partition coefficient (Wildman–Crippen LogP) is 4.16. The molecule has 0 heterocycles. The lowest BCUT2D eigenvalue weighted by molar-refractivity contribution is 0.0627. The molecule has 0 fully saturated rings. The van der Waals surface area contributed by atoms with Crippen LogP contribution in [0.3, 0.4) is 0 Å². The van der Waals surface area contributed by atoms with Gasteiger partial charge >= 0.3 is 0 Å². The largest absolute Gasteiger partial charge is 0.384 e. The van der Waals surface area contributed by atoms with Crippen molar-refractivity contribution in [2.75, 3.05) is 6.54 Å². The highest BCUT2D eigenvalue weighted by molar-refractivity contribution is 7.89. The van der Waals surface area contributed by atoms with Gasteiger partial charge in [-0.1, -0.05) is 72.3 Å². The summed E-state index contributed by atoms with van der Waals surface area (Å²) in [5, 5.41) is 10.8. The van der Waals surface area contributed by atoms with Gasteiger partial charge in [-0.2, -0.15) is 0 Å². The number of rotatable bonds is 6. The van der Waals surface area contributed by atoms with E-state index in [1.807, 2.05) is 67.6 Å². The fourth-order valence-electron chi connectivity index (χ4n) is 3.17. The highest BCUT2D eigenvalue weighted by Crippen LogP contribution is 2.25. The molecular weight excluding hydrogens is 370 g/mol. The summed E-state index contributed by atoms with van der Waals surface area (Å²) < 4.78 is 27.9. The Morgan fingerprint density at radius 1 is 0.893 bits per heavy atom. The normalized spacial score (nSPS) is 13.9. The van der Waals surface area contributed by atoms with E-state index in [1.54, 1.807) is 26.0 Å². The van der Waals surface area contributed by atoms with Gasteiger partial charge in [-0.3, -0.25) is 0 Å². The molecule has 0 amide bonds.